The van der Waals surface area contributed by atoms with E-state index in [9.17, 15) is 18.0 Å². The van der Waals surface area contributed by atoms with Crippen molar-refractivity contribution in [1.82, 2.24) is 14.4 Å². The third kappa shape index (κ3) is 3.82. The number of rotatable bonds is 3. The zero-order valence-electron chi connectivity index (χ0n) is 15.2. The fraction of sp³-hybridized carbons (Fsp3) is 0.0952. The van der Waals surface area contributed by atoms with Gasteiger partial charge in [0.05, 0.1) is 23.7 Å². The molecule has 0 aliphatic heterocycles. The van der Waals surface area contributed by atoms with E-state index in [1.165, 1.54) is 30.7 Å². The van der Waals surface area contributed by atoms with Crippen LogP contribution in [0.25, 0.3) is 16.9 Å². The van der Waals surface area contributed by atoms with Gasteiger partial charge < -0.3 is 5.32 Å². The van der Waals surface area contributed by atoms with Crippen molar-refractivity contribution in [2.24, 2.45) is 0 Å². The Balaban J connectivity index is 1.65. The number of aromatic nitrogens is 3. The number of imidazole rings is 1. The lowest BCUT2D eigenvalue weighted by Crippen LogP contribution is -2.14. The molecule has 0 aliphatic rings. The van der Waals surface area contributed by atoms with E-state index in [2.05, 4.69) is 15.3 Å². The van der Waals surface area contributed by atoms with Gasteiger partial charge in [-0.15, -0.1) is 0 Å². The van der Waals surface area contributed by atoms with Gasteiger partial charge in [-0.3, -0.25) is 9.20 Å². The van der Waals surface area contributed by atoms with Crippen LogP contribution in [0.4, 0.5) is 18.9 Å². The number of hydrogen-bond acceptors (Lipinski definition) is 3. The zero-order chi connectivity index (χ0) is 20.6. The van der Waals surface area contributed by atoms with Crippen molar-refractivity contribution in [3.8, 4) is 11.3 Å². The summed E-state index contributed by atoms with van der Waals surface area (Å²) in [5.74, 6) is -0.400. The summed E-state index contributed by atoms with van der Waals surface area (Å²) in [6.45, 7) is 1.95. The molecule has 0 atom stereocenters. The first-order valence-electron chi connectivity index (χ1n) is 8.70. The number of halogens is 3. The van der Waals surface area contributed by atoms with E-state index >= 15 is 0 Å². The number of aryl methyl sites for hydroxylation is 1. The highest BCUT2D eigenvalue weighted by molar-refractivity contribution is 6.02. The summed E-state index contributed by atoms with van der Waals surface area (Å²) in [7, 11) is 0. The van der Waals surface area contributed by atoms with E-state index in [1.54, 1.807) is 16.5 Å². The fourth-order valence-electron chi connectivity index (χ4n) is 2.88. The number of benzene rings is 2. The Hall–Kier alpha value is -3.68. The maximum absolute atomic E-state index is 12.8. The molecule has 0 saturated carbocycles. The molecular formula is C21H15F3N4O. The topological polar surface area (TPSA) is 59.3 Å². The largest absolute Gasteiger partial charge is 0.416 e. The Labute approximate surface area is 163 Å². The van der Waals surface area contributed by atoms with E-state index in [4.69, 9.17) is 0 Å². The Bertz CT molecular complexity index is 1180. The highest BCUT2D eigenvalue weighted by Crippen LogP contribution is 2.31. The van der Waals surface area contributed by atoms with Crippen molar-refractivity contribution in [1.29, 1.82) is 0 Å². The number of nitrogens with one attached hydrogen (secondary N) is 1. The molecule has 0 spiro atoms. The van der Waals surface area contributed by atoms with Gasteiger partial charge in [0.15, 0.2) is 5.65 Å². The first-order chi connectivity index (χ1) is 13.8. The highest BCUT2D eigenvalue weighted by atomic mass is 19.4. The summed E-state index contributed by atoms with van der Waals surface area (Å²) in [6, 6.07) is 12.1. The second-order valence-corrected chi connectivity index (χ2v) is 6.54. The maximum Gasteiger partial charge on any atom is 0.416 e. The number of carbonyl (C=O) groups is 1. The number of fused-ring (bicyclic) bond motifs is 1. The molecule has 0 unspecified atom stereocenters. The average molecular weight is 396 g/mol. The van der Waals surface area contributed by atoms with Gasteiger partial charge in [0.25, 0.3) is 5.91 Å². The van der Waals surface area contributed by atoms with Gasteiger partial charge in [-0.1, -0.05) is 29.8 Å². The Morgan fingerprint density at radius 3 is 2.31 bits per heavy atom. The molecule has 0 aliphatic carbocycles. The summed E-state index contributed by atoms with van der Waals surface area (Å²) in [4.78, 5) is 20.9. The molecule has 0 saturated heterocycles. The summed E-state index contributed by atoms with van der Waals surface area (Å²) >= 11 is 0. The molecule has 146 valence electrons. The van der Waals surface area contributed by atoms with Crippen LogP contribution < -0.4 is 5.32 Å². The van der Waals surface area contributed by atoms with Crippen LogP contribution in [0.15, 0.2) is 67.1 Å². The number of alkyl halides is 3. The molecular weight excluding hydrogens is 381 g/mol. The van der Waals surface area contributed by atoms with Crippen molar-refractivity contribution in [3.63, 3.8) is 0 Å². The molecule has 2 aromatic heterocycles. The van der Waals surface area contributed by atoms with E-state index < -0.39 is 17.6 Å². The number of nitrogens with zero attached hydrogens (tertiary/aromatic N) is 3. The average Bonchev–Trinajstić information content (AvgIpc) is 3.12. The molecule has 0 bridgehead atoms. The minimum atomic E-state index is -4.40. The van der Waals surface area contributed by atoms with Crippen molar-refractivity contribution < 1.29 is 18.0 Å². The molecule has 0 fully saturated rings. The molecule has 8 heteroatoms. The summed E-state index contributed by atoms with van der Waals surface area (Å²) in [5.41, 5.74) is 2.71. The van der Waals surface area contributed by atoms with Crippen LogP contribution in [0.3, 0.4) is 0 Å². The van der Waals surface area contributed by atoms with E-state index in [-0.39, 0.29) is 5.69 Å². The third-order valence-corrected chi connectivity index (χ3v) is 4.45. The van der Waals surface area contributed by atoms with Crippen LogP contribution in [-0.2, 0) is 6.18 Å². The second kappa shape index (κ2) is 7.05. The second-order valence-electron chi connectivity index (χ2n) is 6.54. The monoisotopic (exact) mass is 396 g/mol. The van der Waals surface area contributed by atoms with Crippen molar-refractivity contribution in [2.45, 2.75) is 13.1 Å². The lowest BCUT2D eigenvalue weighted by molar-refractivity contribution is -0.137. The van der Waals surface area contributed by atoms with Crippen LogP contribution in [0.1, 0.15) is 21.6 Å². The molecule has 1 N–H and O–H groups in total. The summed E-state index contributed by atoms with van der Waals surface area (Å²) < 4.78 is 40.0. The van der Waals surface area contributed by atoms with Gasteiger partial charge in [-0.05, 0) is 31.2 Å². The molecule has 2 heterocycles. The molecule has 2 aromatic carbocycles. The van der Waals surface area contributed by atoms with Crippen LogP contribution in [0, 0.1) is 6.92 Å². The number of amides is 1. The van der Waals surface area contributed by atoms with Crippen molar-refractivity contribution in [3.05, 3.63) is 83.9 Å². The van der Waals surface area contributed by atoms with Crippen LogP contribution in [0.5, 0.6) is 0 Å². The first-order valence-corrected chi connectivity index (χ1v) is 8.70. The third-order valence-electron chi connectivity index (χ3n) is 4.45. The normalized spacial score (nSPS) is 11.6. The smallest absolute Gasteiger partial charge is 0.321 e. The van der Waals surface area contributed by atoms with E-state index in [1.807, 2.05) is 19.1 Å². The molecule has 29 heavy (non-hydrogen) atoms. The Kier molecular flexibility index (Phi) is 4.54. The molecule has 5 nitrogen and oxygen atoms in total. The van der Waals surface area contributed by atoms with Gasteiger partial charge in [-0.2, -0.15) is 13.2 Å². The molecule has 4 aromatic rings. The van der Waals surface area contributed by atoms with E-state index in [0.717, 1.165) is 17.7 Å². The highest BCUT2D eigenvalue weighted by Gasteiger charge is 2.30. The summed E-state index contributed by atoms with van der Waals surface area (Å²) in [6.07, 6.45) is 0.0843. The van der Waals surface area contributed by atoms with Gasteiger partial charge in [-0.25, -0.2) is 9.97 Å². The van der Waals surface area contributed by atoms with E-state index in [0.29, 0.717) is 22.6 Å². The molecule has 4 rings (SSSR count). The fourth-order valence-corrected chi connectivity index (χ4v) is 2.88. The van der Waals surface area contributed by atoms with Crippen LogP contribution in [-0.4, -0.2) is 20.3 Å². The van der Waals surface area contributed by atoms with Crippen molar-refractivity contribution >= 4 is 17.2 Å². The lowest BCUT2D eigenvalue weighted by Gasteiger charge is -2.08. The SMILES string of the molecule is Cc1ccc(NC(=O)c2cn3c(-c4ccc(C(F)(F)F)cc4)cnc3cn2)cc1. The van der Waals surface area contributed by atoms with Crippen molar-refractivity contribution in [2.75, 3.05) is 5.32 Å². The number of carbonyl (C=O) groups excluding carboxylic acids is 1. The minimum Gasteiger partial charge on any atom is -0.321 e. The van der Waals surface area contributed by atoms with Gasteiger partial charge >= 0.3 is 6.18 Å². The Morgan fingerprint density at radius 1 is 0.966 bits per heavy atom. The number of hydrogen-bond donors (Lipinski definition) is 1. The van der Waals surface area contributed by atoms with Crippen LogP contribution >= 0.6 is 0 Å². The minimum absolute atomic E-state index is 0.157. The predicted molar refractivity (Wildman–Crippen MR) is 103 cm³/mol. The van der Waals surface area contributed by atoms with Gasteiger partial charge in [0, 0.05) is 17.4 Å². The molecule has 0 radical (unpaired) electrons. The number of anilines is 1. The predicted octanol–water partition coefficient (Wildman–Crippen LogP) is 4.98. The zero-order valence-corrected chi connectivity index (χ0v) is 15.2. The van der Waals surface area contributed by atoms with Crippen LogP contribution in [0.2, 0.25) is 0 Å². The maximum atomic E-state index is 12.8. The first kappa shape index (κ1) is 18.7. The molecule has 1 amide bonds. The Morgan fingerprint density at radius 2 is 1.66 bits per heavy atom. The quantitative estimate of drug-likeness (QED) is 0.532. The standard InChI is InChI=1S/C21H15F3N4O/c1-13-2-8-16(9-3-13)27-20(29)17-12-28-18(10-26-19(28)11-25-17)14-4-6-15(7-5-14)21(22,23)24/h2-12H,1H3,(H,27,29). The van der Waals surface area contributed by atoms with Gasteiger partial charge in [0.2, 0.25) is 0 Å². The summed E-state index contributed by atoms with van der Waals surface area (Å²) in [5, 5.41) is 2.77. The lowest BCUT2D eigenvalue weighted by atomic mass is 10.1. The van der Waals surface area contributed by atoms with Gasteiger partial charge in [0.1, 0.15) is 5.69 Å².